The maximum atomic E-state index is 14.3. The van der Waals surface area contributed by atoms with Gasteiger partial charge in [-0.1, -0.05) is 44.2 Å². The van der Waals surface area contributed by atoms with Gasteiger partial charge in [0, 0.05) is 24.7 Å². The normalized spacial score (nSPS) is 17.3. The van der Waals surface area contributed by atoms with Gasteiger partial charge in [0.15, 0.2) is 10.9 Å². The molecule has 20 heteroatoms. The number of aliphatic hydroxyl groups is 1. The average molecular weight is 1060 g/mol. The highest BCUT2D eigenvalue weighted by molar-refractivity contribution is 7.81. The molecule has 0 radical (unpaired) electrons. The molecule has 0 saturated carbocycles. The van der Waals surface area contributed by atoms with Crippen LogP contribution in [-0.4, -0.2) is 85.0 Å². The van der Waals surface area contributed by atoms with Gasteiger partial charge in [0.25, 0.3) is 5.91 Å². The molecule has 3 amide bonds. The van der Waals surface area contributed by atoms with Crippen LogP contribution in [-0.2, 0) is 20.6 Å². The number of amides is 3. The lowest BCUT2D eigenvalue weighted by molar-refractivity contribution is -0.142. The second kappa shape index (κ2) is 22.6. The molecule has 1 unspecified atom stereocenters. The van der Waals surface area contributed by atoms with E-state index < -0.39 is 46.9 Å². The van der Waals surface area contributed by atoms with E-state index in [4.69, 9.17) is 26.4 Å². The lowest BCUT2D eigenvalue weighted by Gasteiger charge is -2.30. The van der Waals surface area contributed by atoms with Crippen molar-refractivity contribution < 1.29 is 46.9 Å². The third-order valence-corrected chi connectivity index (χ3v) is 14.5. The van der Waals surface area contributed by atoms with Crippen LogP contribution >= 0.6 is 23.6 Å². The van der Waals surface area contributed by atoms with E-state index >= 15 is 0 Å². The van der Waals surface area contributed by atoms with Crippen molar-refractivity contribution in [3.05, 3.63) is 131 Å². The molecule has 0 bridgehead atoms. The number of nitrogens with one attached hydrogen (secondary N) is 1. The number of alkyl halides is 3. The van der Waals surface area contributed by atoms with E-state index in [1.807, 2.05) is 69.6 Å². The predicted octanol–water partition coefficient (Wildman–Crippen LogP) is 10.6. The van der Waals surface area contributed by atoms with Crippen molar-refractivity contribution in [2.45, 2.75) is 103 Å². The van der Waals surface area contributed by atoms with E-state index in [-0.39, 0.29) is 47.5 Å². The Hall–Kier alpha value is -7.34. The SMILES string of the molecule is Cc1ncsc1-c1ccc([C@H](C)NC(=O)[C@@H]2C[C@@H](O)CN2C(=O)C(C(C)C)n2cc(Oc3cccc(OCCCCCOc4ccc(N5C(=S)N(c6ccc(C#N)c(C(F)(F)F)c6)C(=O)C5(C)C)cc4)c3)cn2)cc1. The number of thiazole rings is 1. The third kappa shape index (κ3) is 12.0. The van der Waals surface area contributed by atoms with Gasteiger partial charge in [-0.2, -0.15) is 23.5 Å². The number of benzene rings is 4. The first-order chi connectivity index (χ1) is 35.7. The molecule has 4 heterocycles. The summed E-state index contributed by atoms with van der Waals surface area (Å²) < 4.78 is 61.0. The van der Waals surface area contributed by atoms with Crippen molar-refractivity contribution in [3.8, 4) is 39.5 Å². The molecular weight excluding hydrogens is 1010 g/mol. The number of rotatable bonds is 19. The molecule has 2 aromatic heterocycles. The number of unbranched alkanes of at least 4 members (excludes halogenated alkanes) is 2. The summed E-state index contributed by atoms with van der Waals surface area (Å²) in [4.78, 5) is 51.1. The fourth-order valence-electron chi connectivity index (χ4n) is 9.28. The molecule has 0 spiro atoms. The molecule has 2 aliphatic heterocycles. The Morgan fingerprint density at radius 1 is 0.933 bits per heavy atom. The molecule has 4 atom stereocenters. The third-order valence-electron chi connectivity index (χ3n) is 13.2. The Labute approximate surface area is 442 Å². The van der Waals surface area contributed by atoms with Crippen LogP contribution in [0.1, 0.15) is 94.8 Å². The number of nitriles is 1. The van der Waals surface area contributed by atoms with Crippen LogP contribution in [0.25, 0.3) is 10.4 Å². The summed E-state index contributed by atoms with van der Waals surface area (Å²) >= 11 is 7.22. The molecule has 0 aliphatic carbocycles. The average Bonchev–Trinajstić information content (AvgIpc) is 4.17. The minimum atomic E-state index is -4.80. The van der Waals surface area contributed by atoms with Crippen LogP contribution in [0.2, 0.25) is 0 Å². The zero-order chi connectivity index (χ0) is 53.8. The number of hydrogen-bond acceptors (Lipinski definition) is 12. The first kappa shape index (κ1) is 53.9. The molecule has 6 aromatic rings. The van der Waals surface area contributed by atoms with Gasteiger partial charge in [-0.25, -0.2) is 4.98 Å². The Balaban J connectivity index is 0.787. The van der Waals surface area contributed by atoms with Crippen LogP contribution in [0, 0.1) is 24.2 Å². The van der Waals surface area contributed by atoms with Crippen molar-refractivity contribution in [3.63, 3.8) is 0 Å². The molecule has 2 aliphatic rings. The van der Waals surface area contributed by atoms with E-state index in [1.165, 1.54) is 17.2 Å². The number of carbonyl (C=O) groups is 3. The molecule has 8 rings (SSSR count). The van der Waals surface area contributed by atoms with E-state index in [1.54, 1.807) is 83.4 Å². The maximum absolute atomic E-state index is 14.3. The summed E-state index contributed by atoms with van der Waals surface area (Å²) in [5.74, 6) is 0.697. The molecular formula is C55H57F3N8O7S2. The summed E-state index contributed by atoms with van der Waals surface area (Å²) in [6, 6.07) is 24.8. The van der Waals surface area contributed by atoms with Crippen molar-refractivity contribution in [2.24, 2.45) is 5.92 Å². The van der Waals surface area contributed by atoms with Crippen LogP contribution in [0.4, 0.5) is 24.5 Å². The van der Waals surface area contributed by atoms with Gasteiger partial charge in [-0.15, -0.1) is 11.3 Å². The van der Waals surface area contributed by atoms with E-state index in [9.17, 15) is 37.9 Å². The fraction of sp³-hybridized carbons (Fsp3) is 0.364. The standard InChI is InChI=1S/C55H57F3N8O7S2/c1-33(2)48(51(69)63-30-41(67)26-47(63)50(68)62-34(3)36-13-15-37(16-14-36)49-35(4)60-32-75-49)64-31-45(29-61-64)73-44-12-10-11-43(27-44)72-24-9-7-8-23-71-42-21-19-39(20-22-42)66-53(74)65(52(70)54(66,5)6)40-18-17-38(28-59)46(25-40)55(56,57)58/h10-22,25,27,29,31-34,41,47-48,67H,7-9,23-24,26,30H2,1-6H3,(H,62,68)/t34-,41+,47-,48?/m0/s1. The number of aryl methyl sites for hydroxylation is 1. The second-order valence-corrected chi connectivity index (χ2v) is 20.6. The Bertz CT molecular complexity index is 3080. The zero-order valence-electron chi connectivity index (χ0n) is 42.2. The first-order valence-corrected chi connectivity index (χ1v) is 25.8. The van der Waals surface area contributed by atoms with Crippen molar-refractivity contribution in [1.29, 1.82) is 5.26 Å². The van der Waals surface area contributed by atoms with Crippen LogP contribution in [0.15, 0.2) is 109 Å². The Morgan fingerprint density at radius 3 is 2.27 bits per heavy atom. The molecule has 75 heavy (non-hydrogen) atoms. The van der Waals surface area contributed by atoms with Crippen molar-refractivity contribution in [2.75, 3.05) is 29.6 Å². The molecule has 392 valence electrons. The number of halogens is 3. The summed E-state index contributed by atoms with van der Waals surface area (Å²) in [6.07, 6.45) is -0.0637. The van der Waals surface area contributed by atoms with Crippen LogP contribution in [0.5, 0.6) is 23.0 Å². The smallest absolute Gasteiger partial charge is 0.417 e. The topological polar surface area (TPSA) is 175 Å². The predicted molar refractivity (Wildman–Crippen MR) is 282 cm³/mol. The molecule has 2 saturated heterocycles. The van der Waals surface area contributed by atoms with Crippen LogP contribution in [0.3, 0.4) is 0 Å². The number of ether oxygens (including phenoxy) is 3. The molecule has 15 nitrogen and oxygen atoms in total. The number of carbonyl (C=O) groups excluding carboxylic acids is 3. The molecule has 4 aromatic carbocycles. The summed E-state index contributed by atoms with van der Waals surface area (Å²) in [5, 5.41) is 27.5. The Morgan fingerprint density at radius 2 is 1.61 bits per heavy atom. The molecule has 2 fully saturated rings. The maximum Gasteiger partial charge on any atom is 0.417 e. The molecule has 2 N–H and O–H groups in total. The van der Waals surface area contributed by atoms with Gasteiger partial charge in [0.2, 0.25) is 11.8 Å². The van der Waals surface area contributed by atoms with Crippen LogP contribution < -0.4 is 29.3 Å². The zero-order valence-corrected chi connectivity index (χ0v) is 43.8. The van der Waals surface area contributed by atoms with E-state index in [0.717, 1.165) is 58.0 Å². The first-order valence-electron chi connectivity index (χ1n) is 24.5. The van der Waals surface area contributed by atoms with Gasteiger partial charge in [-0.05, 0) is 131 Å². The van der Waals surface area contributed by atoms with E-state index in [0.29, 0.717) is 41.9 Å². The number of hydrogen-bond donors (Lipinski definition) is 2. The summed E-state index contributed by atoms with van der Waals surface area (Å²) in [5.41, 5.74) is 2.28. The van der Waals surface area contributed by atoms with Crippen molar-refractivity contribution >= 4 is 57.8 Å². The number of β-amino-alcohol motifs (C(OH)–C–C–N with tert-alkyl or cyclic N) is 1. The minimum absolute atomic E-state index is 0.00211. The van der Waals surface area contributed by atoms with E-state index in [2.05, 4.69) is 15.4 Å². The number of aliphatic hydroxyl groups excluding tert-OH is 1. The fourth-order valence-corrected chi connectivity index (χ4v) is 10.6. The van der Waals surface area contributed by atoms with Gasteiger partial charge < -0.3 is 34.4 Å². The largest absolute Gasteiger partial charge is 0.494 e. The summed E-state index contributed by atoms with van der Waals surface area (Å²) in [7, 11) is 0. The number of aromatic nitrogens is 3. The highest BCUT2D eigenvalue weighted by Gasteiger charge is 2.51. The number of anilines is 2. The lowest BCUT2D eigenvalue weighted by atomic mass is 10.0. The number of likely N-dealkylation sites (tertiary alicyclic amines) is 1. The monoisotopic (exact) mass is 1060 g/mol. The minimum Gasteiger partial charge on any atom is -0.494 e. The highest BCUT2D eigenvalue weighted by Crippen LogP contribution is 2.40. The second-order valence-electron chi connectivity index (χ2n) is 19.3. The summed E-state index contributed by atoms with van der Waals surface area (Å²) in [6.45, 7) is 11.8. The highest BCUT2D eigenvalue weighted by atomic mass is 32.1. The van der Waals surface area contributed by atoms with Crippen molar-refractivity contribution in [1.82, 2.24) is 25.0 Å². The lowest BCUT2D eigenvalue weighted by Crippen LogP contribution is -2.49. The van der Waals surface area contributed by atoms with Gasteiger partial charge in [0.1, 0.15) is 34.9 Å². The van der Waals surface area contributed by atoms with Gasteiger partial charge >= 0.3 is 6.18 Å². The number of thiocarbonyl (C=S) groups is 1. The Kier molecular flexibility index (Phi) is 16.3. The van der Waals surface area contributed by atoms with Gasteiger partial charge in [0.05, 0.1) is 76.7 Å². The number of nitrogens with zero attached hydrogens (tertiary/aromatic N) is 7. The van der Waals surface area contributed by atoms with Gasteiger partial charge in [-0.3, -0.25) is 24.0 Å². The quantitative estimate of drug-likeness (QED) is 0.0581.